The van der Waals surface area contributed by atoms with E-state index in [1.165, 1.54) is 16.2 Å². The molecule has 1 aromatic heterocycles. The van der Waals surface area contributed by atoms with E-state index in [0.717, 1.165) is 5.56 Å². The minimum absolute atomic E-state index is 0.181. The monoisotopic (exact) mass is 362 g/mol. The number of amides is 1. The van der Waals surface area contributed by atoms with E-state index in [2.05, 4.69) is 4.98 Å². The lowest BCUT2D eigenvalue weighted by molar-refractivity contribution is -0.138. The molecule has 1 N–H and O–H groups in total. The second-order valence-electron chi connectivity index (χ2n) is 5.69. The van der Waals surface area contributed by atoms with Crippen molar-refractivity contribution in [2.24, 2.45) is 0 Å². The first-order valence-corrected chi connectivity index (χ1v) is 8.76. The predicted octanol–water partition coefficient (Wildman–Crippen LogP) is 2.86. The summed E-state index contributed by atoms with van der Waals surface area (Å²) < 4.78 is 10.6. The normalized spacial score (nSPS) is 13.5. The molecule has 0 bridgehead atoms. The fourth-order valence-electron chi connectivity index (χ4n) is 2.48. The number of hydrogen-bond acceptors (Lipinski definition) is 6. The Morgan fingerprint density at radius 1 is 1.36 bits per heavy atom. The Morgan fingerprint density at radius 2 is 2.12 bits per heavy atom. The maximum atomic E-state index is 12.7. The van der Waals surface area contributed by atoms with Gasteiger partial charge in [-0.05, 0) is 31.5 Å². The van der Waals surface area contributed by atoms with Crippen LogP contribution < -0.4 is 9.47 Å². The largest absolute Gasteiger partial charge is 0.480 e. The van der Waals surface area contributed by atoms with Crippen molar-refractivity contribution in [3.63, 3.8) is 0 Å². The molecule has 132 valence electrons. The lowest BCUT2D eigenvalue weighted by atomic mass is 10.2. The van der Waals surface area contributed by atoms with Crippen LogP contribution in [0, 0.1) is 0 Å². The molecule has 25 heavy (non-hydrogen) atoms. The first kappa shape index (κ1) is 17.2. The van der Waals surface area contributed by atoms with Crippen LogP contribution in [0.2, 0.25) is 0 Å². The number of thiazole rings is 1. The standard InChI is InChI=1S/C17H18N2O5S/c1-3-10(2)19(7-15(20)21)17(22)12-8-25-16(18-12)11-4-5-13-14(6-11)24-9-23-13/h4-6,8,10H,3,7,9H2,1-2H3,(H,20,21). The summed E-state index contributed by atoms with van der Waals surface area (Å²) in [5, 5.41) is 11.4. The van der Waals surface area contributed by atoms with Gasteiger partial charge in [0.15, 0.2) is 11.5 Å². The third kappa shape index (κ3) is 3.58. The van der Waals surface area contributed by atoms with E-state index < -0.39 is 5.97 Å². The maximum absolute atomic E-state index is 12.7. The predicted molar refractivity (Wildman–Crippen MR) is 92.1 cm³/mol. The summed E-state index contributed by atoms with van der Waals surface area (Å²) in [5.74, 6) is -0.0893. The smallest absolute Gasteiger partial charge is 0.323 e. The van der Waals surface area contributed by atoms with Gasteiger partial charge in [-0.25, -0.2) is 4.98 Å². The summed E-state index contributed by atoms with van der Waals surface area (Å²) in [4.78, 5) is 29.5. The van der Waals surface area contributed by atoms with Crippen LogP contribution in [-0.2, 0) is 4.79 Å². The summed E-state index contributed by atoms with van der Waals surface area (Å²) in [7, 11) is 0. The highest BCUT2D eigenvalue weighted by molar-refractivity contribution is 7.13. The molecule has 1 aliphatic heterocycles. The molecule has 7 nitrogen and oxygen atoms in total. The topological polar surface area (TPSA) is 89.0 Å². The number of nitrogens with zero attached hydrogens (tertiary/aromatic N) is 2. The zero-order valence-corrected chi connectivity index (χ0v) is 14.7. The number of rotatable bonds is 6. The van der Waals surface area contributed by atoms with Crippen LogP contribution in [0.1, 0.15) is 30.8 Å². The van der Waals surface area contributed by atoms with Crippen molar-refractivity contribution in [1.29, 1.82) is 0 Å². The molecule has 3 rings (SSSR count). The quantitative estimate of drug-likeness (QED) is 0.850. The molecule has 1 aliphatic rings. The molecule has 0 fully saturated rings. The number of fused-ring (bicyclic) bond motifs is 1. The molecule has 8 heteroatoms. The molecule has 0 saturated heterocycles. The Balaban J connectivity index is 1.84. The van der Waals surface area contributed by atoms with Crippen LogP contribution in [0.4, 0.5) is 0 Å². The number of carboxylic acid groups (broad SMARTS) is 1. The minimum atomic E-state index is -1.04. The number of aromatic nitrogens is 1. The summed E-state index contributed by atoms with van der Waals surface area (Å²) in [6.45, 7) is 3.59. The number of carboxylic acids is 1. The minimum Gasteiger partial charge on any atom is -0.480 e. The molecule has 1 amide bonds. The lowest BCUT2D eigenvalue weighted by Gasteiger charge is -2.26. The van der Waals surface area contributed by atoms with Crippen molar-refractivity contribution in [2.45, 2.75) is 26.3 Å². The van der Waals surface area contributed by atoms with Crippen LogP contribution in [-0.4, -0.2) is 46.2 Å². The zero-order chi connectivity index (χ0) is 18.0. The number of benzene rings is 1. The molecule has 2 aromatic rings. The molecule has 1 unspecified atom stereocenters. The van der Waals surface area contributed by atoms with E-state index in [-0.39, 0.29) is 31.0 Å². The van der Waals surface area contributed by atoms with E-state index in [4.69, 9.17) is 14.6 Å². The number of ether oxygens (including phenoxy) is 2. The van der Waals surface area contributed by atoms with Crippen LogP contribution in [0.15, 0.2) is 23.6 Å². The van der Waals surface area contributed by atoms with Gasteiger partial charge in [0.05, 0.1) is 0 Å². The zero-order valence-electron chi connectivity index (χ0n) is 13.9. The molecule has 1 aromatic carbocycles. The third-order valence-corrected chi connectivity index (χ3v) is 4.92. The summed E-state index contributed by atoms with van der Waals surface area (Å²) >= 11 is 1.33. The van der Waals surface area contributed by atoms with Gasteiger partial charge in [-0.2, -0.15) is 0 Å². The molecule has 1 atom stereocenters. The van der Waals surface area contributed by atoms with Gasteiger partial charge in [0, 0.05) is 17.0 Å². The SMILES string of the molecule is CCC(C)N(CC(=O)O)C(=O)c1csc(-c2ccc3c(c2)OCO3)n1. The van der Waals surface area contributed by atoms with Crippen LogP contribution in [0.25, 0.3) is 10.6 Å². The van der Waals surface area contributed by atoms with Gasteiger partial charge >= 0.3 is 5.97 Å². The Morgan fingerprint density at radius 3 is 2.84 bits per heavy atom. The summed E-state index contributed by atoms with van der Waals surface area (Å²) in [6.07, 6.45) is 0.665. The van der Waals surface area contributed by atoms with E-state index in [0.29, 0.717) is 22.9 Å². The number of carbonyl (C=O) groups is 2. The fourth-order valence-corrected chi connectivity index (χ4v) is 3.27. The van der Waals surface area contributed by atoms with Gasteiger partial charge in [-0.3, -0.25) is 9.59 Å². The van der Waals surface area contributed by atoms with E-state index in [9.17, 15) is 9.59 Å². The van der Waals surface area contributed by atoms with Crippen molar-refractivity contribution in [3.8, 4) is 22.1 Å². The van der Waals surface area contributed by atoms with Crippen LogP contribution in [0.3, 0.4) is 0 Å². The Labute approximate surface area is 148 Å². The van der Waals surface area contributed by atoms with Gasteiger partial charge in [0.25, 0.3) is 5.91 Å². The Kier molecular flexibility index (Phi) is 4.89. The average Bonchev–Trinajstić information content (AvgIpc) is 3.26. The third-order valence-electron chi connectivity index (χ3n) is 4.03. The number of carbonyl (C=O) groups excluding carboxylic acids is 1. The first-order chi connectivity index (χ1) is 12.0. The Hall–Kier alpha value is -2.61. The molecular formula is C17H18N2O5S. The van der Waals surface area contributed by atoms with Crippen LogP contribution >= 0.6 is 11.3 Å². The van der Waals surface area contributed by atoms with Gasteiger partial charge in [-0.15, -0.1) is 11.3 Å². The fraction of sp³-hybridized carbons (Fsp3) is 0.353. The highest BCUT2D eigenvalue weighted by Gasteiger charge is 2.25. The van der Waals surface area contributed by atoms with Crippen molar-refractivity contribution < 1.29 is 24.2 Å². The van der Waals surface area contributed by atoms with Gasteiger partial charge in [-0.1, -0.05) is 6.92 Å². The maximum Gasteiger partial charge on any atom is 0.323 e. The van der Waals surface area contributed by atoms with Crippen molar-refractivity contribution in [2.75, 3.05) is 13.3 Å². The second kappa shape index (κ2) is 7.10. The molecule has 0 spiro atoms. The van der Waals surface area contributed by atoms with Crippen molar-refractivity contribution in [3.05, 3.63) is 29.3 Å². The van der Waals surface area contributed by atoms with E-state index >= 15 is 0 Å². The van der Waals surface area contributed by atoms with Gasteiger partial charge in [0.1, 0.15) is 17.2 Å². The van der Waals surface area contributed by atoms with Crippen LogP contribution in [0.5, 0.6) is 11.5 Å². The molecule has 2 heterocycles. The molecule has 0 radical (unpaired) electrons. The summed E-state index contributed by atoms with van der Waals surface area (Å²) in [5.41, 5.74) is 1.07. The first-order valence-electron chi connectivity index (χ1n) is 7.88. The van der Waals surface area contributed by atoms with Crippen molar-refractivity contribution >= 4 is 23.2 Å². The highest BCUT2D eigenvalue weighted by Crippen LogP contribution is 2.36. The molecule has 0 saturated carbocycles. The number of aliphatic carboxylic acids is 1. The summed E-state index contributed by atoms with van der Waals surface area (Å²) in [6, 6.07) is 5.29. The average molecular weight is 362 g/mol. The van der Waals surface area contributed by atoms with Gasteiger partial charge in [0.2, 0.25) is 6.79 Å². The van der Waals surface area contributed by atoms with Crippen molar-refractivity contribution in [1.82, 2.24) is 9.88 Å². The van der Waals surface area contributed by atoms with Gasteiger partial charge < -0.3 is 19.5 Å². The van der Waals surface area contributed by atoms with E-state index in [1.54, 1.807) is 11.4 Å². The van der Waals surface area contributed by atoms with E-state index in [1.807, 2.05) is 26.0 Å². The molecular weight excluding hydrogens is 344 g/mol. The highest BCUT2D eigenvalue weighted by atomic mass is 32.1. The lowest BCUT2D eigenvalue weighted by Crippen LogP contribution is -2.42. The Bertz CT molecular complexity index is 804. The molecule has 0 aliphatic carbocycles. The second-order valence-corrected chi connectivity index (χ2v) is 6.55. The number of hydrogen-bond donors (Lipinski definition) is 1.